The van der Waals surface area contributed by atoms with Gasteiger partial charge in [-0.05, 0) is 19.8 Å². The van der Waals surface area contributed by atoms with Crippen LogP contribution in [0.1, 0.15) is 39.0 Å². The van der Waals surface area contributed by atoms with Crippen LogP contribution in [0.25, 0.3) is 0 Å². The molecule has 1 aromatic heterocycles. The summed E-state index contributed by atoms with van der Waals surface area (Å²) in [7, 11) is 0. The van der Waals surface area contributed by atoms with Crippen LogP contribution in [0.2, 0.25) is 0 Å². The summed E-state index contributed by atoms with van der Waals surface area (Å²) in [4.78, 5) is 30.0. The van der Waals surface area contributed by atoms with Crippen LogP contribution >= 0.6 is 11.8 Å². The molecule has 1 fully saturated rings. The maximum absolute atomic E-state index is 12.1. The van der Waals surface area contributed by atoms with E-state index >= 15 is 0 Å². The van der Waals surface area contributed by atoms with Gasteiger partial charge in [-0.3, -0.25) is 9.59 Å². The molecule has 1 aromatic rings. The highest BCUT2D eigenvalue weighted by atomic mass is 32.2. The fourth-order valence-electron chi connectivity index (χ4n) is 2.30. The SMILES string of the molecule is C[C@@H](Sc1nc(N)cc(=O)[nH]1)C(=O)NC1CCCCC1. The number of amides is 1. The van der Waals surface area contributed by atoms with Crippen LogP contribution in [0.4, 0.5) is 5.82 Å². The molecule has 0 spiro atoms. The molecule has 2 rings (SSSR count). The van der Waals surface area contributed by atoms with Crippen LogP contribution in [-0.2, 0) is 4.79 Å². The molecular formula is C13H20N4O2S. The minimum atomic E-state index is -0.318. The minimum Gasteiger partial charge on any atom is -0.383 e. The molecule has 0 aromatic carbocycles. The van der Waals surface area contributed by atoms with Gasteiger partial charge < -0.3 is 16.0 Å². The van der Waals surface area contributed by atoms with Gasteiger partial charge in [0.05, 0.1) is 5.25 Å². The number of nitrogen functional groups attached to an aromatic ring is 1. The van der Waals surface area contributed by atoms with Gasteiger partial charge in [-0.1, -0.05) is 31.0 Å². The molecule has 110 valence electrons. The molecule has 0 bridgehead atoms. The van der Waals surface area contributed by atoms with Crippen molar-refractivity contribution in [2.45, 2.75) is 55.5 Å². The maximum atomic E-state index is 12.1. The summed E-state index contributed by atoms with van der Waals surface area (Å²) in [5.41, 5.74) is 5.21. The zero-order valence-electron chi connectivity index (χ0n) is 11.5. The fraction of sp³-hybridized carbons (Fsp3) is 0.615. The van der Waals surface area contributed by atoms with Crippen molar-refractivity contribution >= 4 is 23.5 Å². The Balaban J connectivity index is 1.91. The summed E-state index contributed by atoms with van der Waals surface area (Å²) in [5.74, 6) is 0.142. The van der Waals surface area contributed by atoms with Gasteiger partial charge in [0.25, 0.3) is 5.56 Å². The number of nitrogens with one attached hydrogen (secondary N) is 2. The molecule has 6 nitrogen and oxygen atoms in total. The third kappa shape index (κ3) is 4.26. The predicted molar refractivity (Wildman–Crippen MR) is 79.6 cm³/mol. The number of carbonyl (C=O) groups excluding carboxylic acids is 1. The van der Waals surface area contributed by atoms with Crippen molar-refractivity contribution in [2.75, 3.05) is 5.73 Å². The summed E-state index contributed by atoms with van der Waals surface area (Å²) in [5, 5.41) is 3.12. The molecule has 1 aliphatic carbocycles. The highest BCUT2D eigenvalue weighted by molar-refractivity contribution is 8.00. The molecule has 1 atom stereocenters. The van der Waals surface area contributed by atoms with Crippen molar-refractivity contribution in [2.24, 2.45) is 0 Å². The number of nitrogens with zero attached hydrogens (tertiary/aromatic N) is 1. The zero-order chi connectivity index (χ0) is 14.5. The highest BCUT2D eigenvalue weighted by Gasteiger charge is 2.21. The Morgan fingerprint density at radius 3 is 2.85 bits per heavy atom. The number of aromatic amines is 1. The van der Waals surface area contributed by atoms with E-state index in [0.29, 0.717) is 5.16 Å². The molecule has 0 saturated heterocycles. The lowest BCUT2D eigenvalue weighted by molar-refractivity contribution is -0.121. The van der Waals surface area contributed by atoms with Crippen LogP contribution in [0.3, 0.4) is 0 Å². The number of hydrogen-bond acceptors (Lipinski definition) is 5. The largest absolute Gasteiger partial charge is 0.383 e. The molecular weight excluding hydrogens is 276 g/mol. The van der Waals surface area contributed by atoms with E-state index in [1.807, 2.05) is 0 Å². The van der Waals surface area contributed by atoms with Gasteiger partial charge in [0, 0.05) is 12.1 Å². The van der Waals surface area contributed by atoms with E-state index in [1.165, 1.54) is 37.1 Å². The van der Waals surface area contributed by atoms with Crippen LogP contribution in [0.5, 0.6) is 0 Å². The number of nitrogens with two attached hydrogens (primary N) is 1. The third-order valence-electron chi connectivity index (χ3n) is 3.35. The quantitative estimate of drug-likeness (QED) is 0.574. The van der Waals surface area contributed by atoms with E-state index in [2.05, 4.69) is 15.3 Å². The summed E-state index contributed by atoms with van der Waals surface area (Å²) < 4.78 is 0. The third-order valence-corrected chi connectivity index (χ3v) is 4.33. The molecule has 0 aliphatic heterocycles. The van der Waals surface area contributed by atoms with Crippen molar-refractivity contribution in [3.8, 4) is 0 Å². The first-order chi connectivity index (χ1) is 9.54. The number of hydrogen-bond donors (Lipinski definition) is 3. The Labute approximate surface area is 121 Å². The van der Waals surface area contributed by atoms with Crippen molar-refractivity contribution < 1.29 is 4.79 Å². The second kappa shape index (κ2) is 6.78. The Morgan fingerprint density at radius 1 is 1.50 bits per heavy atom. The molecule has 7 heteroatoms. The fourth-order valence-corrected chi connectivity index (χ4v) is 3.12. The van der Waals surface area contributed by atoms with E-state index in [-0.39, 0.29) is 28.6 Å². The first kappa shape index (κ1) is 14.9. The molecule has 0 radical (unpaired) electrons. The second-order valence-electron chi connectivity index (χ2n) is 5.08. The van der Waals surface area contributed by atoms with Crippen molar-refractivity contribution in [1.82, 2.24) is 15.3 Å². The van der Waals surface area contributed by atoms with Crippen LogP contribution in [0, 0.1) is 0 Å². The minimum absolute atomic E-state index is 0.0213. The summed E-state index contributed by atoms with van der Waals surface area (Å²) in [6.07, 6.45) is 5.71. The number of rotatable bonds is 4. The topological polar surface area (TPSA) is 101 Å². The maximum Gasteiger partial charge on any atom is 0.253 e. The van der Waals surface area contributed by atoms with Gasteiger partial charge in [0.1, 0.15) is 5.82 Å². The smallest absolute Gasteiger partial charge is 0.253 e. The molecule has 20 heavy (non-hydrogen) atoms. The first-order valence-corrected chi connectivity index (χ1v) is 7.76. The van der Waals surface area contributed by atoms with E-state index in [0.717, 1.165) is 12.8 Å². The number of carbonyl (C=O) groups is 1. The first-order valence-electron chi connectivity index (χ1n) is 6.88. The molecule has 1 saturated carbocycles. The van der Waals surface area contributed by atoms with Gasteiger partial charge in [-0.25, -0.2) is 4.98 Å². The average Bonchev–Trinajstić information content (AvgIpc) is 2.38. The van der Waals surface area contributed by atoms with Crippen LogP contribution in [0.15, 0.2) is 16.0 Å². The van der Waals surface area contributed by atoms with Gasteiger partial charge >= 0.3 is 0 Å². The van der Waals surface area contributed by atoms with E-state index in [4.69, 9.17) is 5.73 Å². The average molecular weight is 296 g/mol. The van der Waals surface area contributed by atoms with Gasteiger partial charge in [-0.2, -0.15) is 0 Å². The standard InChI is InChI=1S/C13H20N4O2S/c1-8(12(19)15-9-5-3-2-4-6-9)20-13-16-10(14)7-11(18)17-13/h7-9H,2-6H2,1H3,(H,15,19)(H3,14,16,17,18)/t8-/m1/s1. The molecule has 4 N–H and O–H groups in total. The lowest BCUT2D eigenvalue weighted by Gasteiger charge is -2.24. The van der Waals surface area contributed by atoms with E-state index < -0.39 is 0 Å². The van der Waals surface area contributed by atoms with Gasteiger partial charge in [0.2, 0.25) is 5.91 Å². The molecule has 1 amide bonds. The van der Waals surface area contributed by atoms with Crippen molar-refractivity contribution in [1.29, 1.82) is 0 Å². The molecule has 1 heterocycles. The number of anilines is 1. The second-order valence-corrected chi connectivity index (χ2v) is 6.41. The Bertz CT molecular complexity index is 525. The lowest BCUT2D eigenvalue weighted by atomic mass is 9.95. The number of aromatic nitrogens is 2. The van der Waals surface area contributed by atoms with Crippen molar-refractivity contribution in [3.05, 3.63) is 16.4 Å². The summed E-state index contributed by atoms with van der Waals surface area (Å²) >= 11 is 1.21. The summed E-state index contributed by atoms with van der Waals surface area (Å²) in [6, 6.07) is 1.50. The molecule has 1 aliphatic rings. The van der Waals surface area contributed by atoms with E-state index in [1.54, 1.807) is 6.92 Å². The number of H-pyrrole nitrogens is 1. The Kier molecular flexibility index (Phi) is 5.05. The van der Waals surface area contributed by atoms with E-state index in [9.17, 15) is 9.59 Å². The molecule has 0 unspecified atom stereocenters. The normalized spacial score (nSPS) is 17.6. The Morgan fingerprint density at radius 2 is 2.20 bits per heavy atom. The van der Waals surface area contributed by atoms with Crippen molar-refractivity contribution in [3.63, 3.8) is 0 Å². The van der Waals surface area contributed by atoms with Gasteiger partial charge in [-0.15, -0.1) is 0 Å². The summed E-state index contributed by atoms with van der Waals surface area (Å²) in [6.45, 7) is 1.80. The number of thioether (sulfide) groups is 1. The zero-order valence-corrected chi connectivity index (χ0v) is 12.3. The monoisotopic (exact) mass is 296 g/mol. The lowest BCUT2D eigenvalue weighted by Crippen LogP contribution is -2.40. The van der Waals surface area contributed by atoms with Crippen LogP contribution < -0.4 is 16.6 Å². The Hall–Kier alpha value is -1.50. The van der Waals surface area contributed by atoms with Gasteiger partial charge in [0.15, 0.2) is 5.16 Å². The van der Waals surface area contributed by atoms with Crippen LogP contribution in [-0.4, -0.2) is 27.2 Å². The highest BCUT2D eigenvalue weighted by Crippen LogP contribution is 2.21. The predicted octanol–water partition coefficient (Wildman–Crippen LogP) is 1.28.